The van der Waals surface area contributed by atoms with Gasteiger partial charge in [0.2, 0.25) is 11.9 Å². The van der Waals surface area contributed by atoms with Crippen LogP contribution in [-0.2, 0) is 4.79 Å². The van der Waals surface area contributed by atoms with Gasteiger partial charge in [-0.15, -0.1) is 0 Å². The van der Waals surface area contributed by atoms with Crippen molar-refractivity contribution in [2.45, 2.75) is 38.3 Å². The number of amides is 1. The molecule has 0 aromatic carbocycles. The van der Waals surface area contributed by atoms with Gasteiger partial charge >= 0.3 is 0 Å². The molecule has 1 aliphatic carbocycles. The lowest BCUT2D eigenvalue weighted by molar-refractivity contribution is -0.121. The Bertz CT molecular complexity index is 1190. The highest BCUT2D eigenvalue weighted by atomic mass is 16.1. The van der Waals surface area contributed by atoms with Crippen LogP contribution >= 0.6 is 0 Å². The number of carbonyl (C=O) groups is 1. The van der Waals surface area contributed by atoms with E-state index in [1.807, 2.05) is 30.7 Å². The van der Waals surface area contributed by atoms with Gasteiger partial charge in [0.15, 0.2) is 5.65 Å². The van der Waals surface area contributed by atoms with Crippen LogP contribution in [0.5, 0.6) is 0 Å². The maximum absolute atomic E-state index is 11.3. The molecular weight excluding hydrogens is 356 g/mol. The van der Waals surface area contributed by atoms with Gasteiger partial charge in [-0.3, -0.25) is 4.79 Å². The molecular formula is C19H20N8O. The summed E-state index contributed by atoms with van der Waals surface area (Å²) >= 11 is 0. The first kappa shape index (κ1) is 16.7. The molecule has 3 N–H and O–H groups in total. The summed E-state index contributed by atoms with van der Waals surface area (Å²) in [6.07, 6.45) is 8.93. The summed E-state index contributed by atoms with van der Waals surface area (Å²) in [4.78, 5) is 27.8. The average Bonchev–Trinajstić information content (AvgIpc) is 3.25. The summed E-state index contributed by atoms with van der Waals surface area (Å²) in [6, 6.07) is 4.11. The molecule has 1 fully saturated rings. The van der Waals surface area contributed by atoms with Gasteiger partial charge in [-0.05, 0) is 31.9 Å². The normalized spacial score (nSPS) is 21.6. The van der Waals surface area contributed by atoms with Crippen molar-refractivity contribution in [1.29, 1.82) is 0 Å². The number of fused-ring (bicyclic) bond motifs is 2. The summed E-state index contributed by atoms with van der Waals surface area (Å²) in [6.45, 7) is 3.60. The standard InChI is InChI=1S/C19H20N8O/c1-11(28)25-19(2)7-12(8-19)23-18-22-10-14-13(9-21-17(14)24-18)15-3-4-16-20-5-6-27(16)26-15/h3-6,9-10,12H,7-8H2,1-2H3,(H,25,28)(H2,21,22,23,24)/t12-,19-. The predicted octanol–water partition coefficient (Wildman–Crippen LogP) is 2.14. The molecule has 0 spiro atoms. The molecule has 9 nitrogen and oxygen atoms in total. The number of anilines is 1. The van der Waals surface area contributed by atoms with E-state index in [0.717, 1.165) is 40.8 Å². The molecule has 0 unspecified atom stereocenters. The molecule has 5 rings (SSSR count). The van der Waals surface area contributed by atoms with E-state index in [1.54, 1.807) is 17.6 Å². The summed E-state index contributed by atoms with van der Waals surface area (Å²) in [5, 5.41) is 11.8. The summed E-state index contributed by atoms with van der Waals surface area (Å²) < 4.78 is 1.74. The number of carbonyl (C=O) groups excluding carboxylic acids is 1. The molecule has 4 aromatic rings. The molecule has 9 heteroatoms. The number of rotatable bonds is 4. The molecule has 142 valence electrons. The Morgan fingerprint density at radius 3 is 3.00 bits per heavy atom. The maximum atomic E-state index is 11.3. The summed E-state index contributed by atoms with van der Waals surface area (Å²) in [5.41, 5.74) is 3.18. The van der Waals surface area contributed by atoms with Gasteiger partial charge in [-0.1, -0.05) is 0 Å². The lowest BCUT2D eigenvalue weighted by Crippen LogP contribution is -2.59. The van der Waals surface area contributed by atoms with Gasteiger partial charge in [-0.2, -0.15) is 10.1 Å². The second-order valence-corrected chi connectivity index (χ2v) is 7.60. The highest BCUT2D eigenvalue weighted by molar-refractivity contribution is 5.92. The van der Waals surface area contributed by atoms with Crippen LogP contribution in [0.25, 0.3) is 27.9 Å². The van der Waals surface area contributed by atoms with Crippen molar-refractivity contribution in [3.8, 4) is 11.3 Å². The van der Waals surface area contributed by atoms with Crippen molar-refractivity contribution < 1.29 is 4.79 Å². The van der Waals surface area contributed by atoms with Gasteiger partial charge < -0.3 is 15.6 Å². The molecule has 1 saturated carbocycles. The lowest BCUT2D eigenvalue weighted by Gasteiger charge is -2.45. The fraction of sp³-hybridized carbons (Fsp3) is 0.316. The zero-order valence-electron chi connectivity index (χ0n) is 15.6. The minimum Gasteiger partial charge on any atom is -0.351 e. The van der Waals surface area contributed by atoms with Crippen LogP contribution in [0, 0.1) is 0 Å². The van der Waals surface area contributed by atoms with Crippen LogP contribution in [0.4, 0.5) is 5.95 Å². The molecule has 0 saturated heterocycles. The largest absolute Gasteiger partial charge is 0.351 e. The first-order valence-corrected chi connectivity index (χ1v) is 9.19. The van der Waals surface area contributed by atoms with E-state index in [-0.39, 0.29) is 17.5 Å². The van der Waals surface area contributed by atoms with Crippen molar-refractivity contribution in [2.75, 3.05) is 5.32 Å². The monoisotopic (exact) mass is 376 g/mol. The third-order valence-electron chi connectivity index (χ3n) is 5.17. The van der Waals surface area contributed by atoms with Gasteiger partial charge in [0.25, 0.3) is 0 Å². The Hall–Kier alpha value is -3.49. The number of H-pyrrole nitrogens is 1. The maximum Gasteiger partial charge on any atom is 0.224 e. The van der Waals surface area contributed by atoms with Crippen molar-refractivity contribution in [3.63, 3.8) is 0 Å². The predicted molar refractivity (Wildman–Crippen MR) is 105 cm³/mol. The molecule has 1 aliphatic rings. The number of hydrogen-bond donors (Lipinski definition) is 3. The fourth-order valence-electron chi connectivity index (χ4n) is 3.99. The van der Waals surface area contributed by atoms with Crippen LogP contribution in [0.1, 0.15) is 26.7 Å². The number of hydrogen-bond acceptors (Lipinski definition) is 6. The van der Waals surface area contributed by atoms with E-state index < -0.39 is 0 Å². The van der Waals surface area contributed by atoms with Crippen LogP contribution < -0.4 is 10.6 Å². The Kier molecular flexibility index (Phi) is 3.58. The number of nitrogens with zero attached hydrogens (tertiary/aromatic N) is 5. The highest BCUT2D eigenvalue weighted by Crippen LogP contribution is 2.34. The second kappa shape index (κ2) is 6.01. The van der Waals surface area contributed by atoms with Crippen molar-refractivity contribution in [1.82, 2.24) is 34.9 Å². The Balaban J connectivity index is 1.36. The zero-order valence-corrected chi connectivity index (χ0v) is 15.6. The van der Waals surface area contributed by atoms with E-state index in [1.165, 1.54) is 0 Å². The Morgan fingerprint density at radius 1 is 1.32 bits per heavy atom. The zero-order chi connectivity index (χ0) is 19.3. The minimum atomic E-state index is -0.148. The molecule has 28 heavy (non-hydrogen) atoms. The molecule has 0 aliphatic heterocycles. The van der Waals surface area contributed by atoms with Gasteiger partial charge in [0, 0.05) is 54.2 Å². The Morgan fingerprint density at radius 2 is 2.18 bits per heavy atom. The lowest BCUT2D eigenvalue weighted by atomic mass is 9.74. The van der Waals surface area contributed by atoms with E-state index in [0.29, 0.717) is 5.95 Å². The van der Waals surface area contributed by atoms with Crippen molar-refractivity contribution in [2.24, 2.45) is 0 Å². The minimum absolute atomic E-state index is 0.0000229. The van der Waals surface area contributed by atoms with Crippen molar-refractivity contribution >= 4 is 28.5 Å². The van der Waals surface area contributed by atoms with E-state index in [4.69, 9.17) is 0 Å². The van der Waals surface area contributed by atoms with Crippen LogP contribution in [0.15, 0.2) is 36.9 Å². The first-order valence-electron chi connectivity index (χ1n) is 9.19. The number of imidazole rings is 1. The highest BCUT2D eigenvalue weighted by Gasteiger charge is 2.41. The summed E-state index contributed by atoms with van der Waals surface area (Å²) in [5.74, 6) is 0.578. The average molecular weight is 376 g/mol. The Labute approximate surface area is 160 Å². The van der Waals surface area contributed by atoms with E-state index in [9.17, 15) is 4.79 Å². The first-order chi connectivity index (χ1) is 13.5. The number of nitrogens with one attached hydrogen (secondary N) is 3. The molecule has 0 atom stereocenters. The van der Waals surface area contributed by atoms with Gasteiger partial charge in [0.05, 0.1) is 5.69 Å². The van der Waals surface area contributed by atoms with Crippen LogP contribution in [0.2, 0.25) is 0 Å². The molecule has 4 aromatic heterocycles. The SMILES string of the molecule is CC(=O)N[C@]1(C)C[C@@H](Nc2ncc3c(-c4ccc5nccn5n4)c[nH]c3n2)C1. The molecule has 1 amide bonds. The number of aromatic amines is 1. The fourth-order valence-corrected chi connectivity index (χ4v) is 3.99. The summed E-state index contributed by atoms with van der Waals surface area (Å²) in [7, 11) is 0. The third-order valence-corrected chi connectivity index (χ3v) is 5.17. The second-order valence-electron chi connectivity index (χ2n) is 7.60. The topological polar surface area (TPSA) is 113 Å². The van der Waals surface area contributed by atoms with Gasteiger partial charge in [-0.25, -0.2) is 14.5 Å². The smallest absolute Gasteiger partial charge is 0.224 e. The molecule has 4 heterocycles. The molecule has 0 bridgehead atoms. The quantitative estimate of drug-likeness (QED) is 0.503. The molecule has 0 radical (unpaired) electrons. The van der Waals surface area contributed by atoms with Gasteiger partial charge in [0.1, 0.15) is 5.65 Å². The van der Waals surface area contributed by atoms with Crippen molar-refractivity contribution in [3.05, 3.63) is 36.9 Å². The van der Waals surface area contributed by atoms with E-state index >= 15 is 0 Å². The van der Waals surface area contributed by atoms with E-state index in [2.05, 4.69) is 42.6 Å². The number of aromatic nitrogens is 6. The third kappa shape index (κ3) is 2.84. The van der Waals surface area contributed by atoms with Crippen LogP contribution in [0.3, 0.4) is 0 Å². The van der Waals surface area contributed by atoms with Crippen LogP contribution in [-0.4, -0.2) is 47.0 Å².